The fourth-order valence-corrected chi connectivity index (χ4v) is 1.82. The summed E-state index contributed by atoms with van der Waals surface area (Å²) in [6.45, 7) is 2.21. The van der Waals surface area contributed by atoms with E-state index in [1.165, 1.54) is 0 Å². The Kier molecular flexibility index (Phi) is 3.72. The van der Waals surface area contributed by atoms with E-state index in [0.717, 1.165) is 23.1 Å². The first kappa shape index (κ1) is 11.3. The van der Waals surface area contributed by atoms with Gasteiger partial charge in [0.1, 0.15) is 0 Å². The third kappa shape index (κ3) is 2.50. The van der Waals surface area contributed by atoms with E-state index in [4.69, 9.17) is 0 Å². The topological polar surface area (TPSA) is 30.7 Å². The van der Waals surface area contributed by atoms with Crippen molar-refractivity contribution in [2.75, 3.05) is 5.33 Å². The molecule has 0 radical (unpaired) electrons. The van der Waals surface area contributed by atoms with Crippen molar-refractivity contribution in [3.8, 4) is 5.69 Å². The van der Waals surface area contributed by atoms with Crippen LogP contribution in [0.1, 0.15) is 12.6 Å². The summed E-state index contributed by atoms with van der Waals surface area (Å²) in [6, 6.07) is 10.1. The Morgan fingerprint density at radius 2 is 2.06 bits per heavy atom. The van der Waals surface area contributed by atoms with Crippen molar-refractivity contribution < 1.29 is 0 Å². The highest BCUT2D eigenvalue weighted by atomic mass is 79.9. The van der Waals surface area contributed by atoms with Crippen LogP contribution in [0, 0.1) is 5.92 Å². The lowest BCUT2D eigenvalue weighted by atomic mass is 10.1. The third-order valence-electron chi connectivity index (χ3n) is 2.44. The summed E-state index contributed by atoms with van der Waals surface area (Å²) in [4.78, 5) is 0. The number of para-hydroxylation sites is 1. The van der Waals surface area contributed by atoms with Gasteiger partial charge in [0.15, 0.2) is 0 Å². The number of hydrogen-bond donors (Lipinski definition) is 0. The first-order valence-corrected chi connectivity index (χ1v) is 6.44. The Hall–Kier alpha value is -1.16. The lowest BCUT2D eigenvalue weighted by Gasteiger charge is -2.09. The number of halogens is 1. The molecule has 1 heterocycles. The molecule has 0 aliphatic carbocycles. The predicted octanol–water partition coefficient (Wildman–Crippen LogP) is 2.84. The zero-order valence-electron chi connectivity index (χ0n) is 9.18. The number of rotatable bonds is 4. The van der Waals surface area contributed by atoms with Crippen LogP contribution in [0.3, 0.4) is 0 Å². The van der Waals surface area contributed by atoms with Crippen LogP contribution in [0.5, 0.6) is 0 Å². The minimum Gasteiger partial charge on any atom is -0.218 e. The van der Waals surface area contributed by atoms with E-state index in [-0.39, 0.29) is 0 Å². The molecule has 0 N–H and O–H groups in total. The second-order valence-corrected chi connectivity index (χ2v) is 4.58. The van der Waals surface area contributed by atoms with Gasteiger partial charge in [0.2, 0.25) is 0 Å². The van der Waals surface area contributed by atoms with Crippen molar-refractivity contribution in [3.63, 3.8) is 0 Å². The van der Waals surface area contributed by atoms with Gasteiger partial charge in [-0.05, 0) is 24.5 Å². The lowest BCUT2D eigenvalue weighted by molar-refractivity contribution is 0.626. The molecule has 4 heteroatoms. The Labute approximate surface area is 104 Å². The maximum atomic E-state index is 4.13. The molecule has 2 rings (SSSR count). The van der Waals surface area contributed by atoms with Gasteiger partial charge >= 0.3 is 0 Å². The van der Waals surface area contributed by atoms with Crippen molar-refractivity contribution >= 4 is 15.9 Å². The lowest BCUT2D eigenvalue weighted by Crippen LogP contribution is -2.07. The molecule has 1 aromatic carbocycles. The first-order valence-electron chi connectivity index (χ1n) is 5.32. The maximum Gasteiger partial charge on any atom is 0.0729 e. The minimum atomic E-state index is 0.584. The molecule has 0 saturated carbocycles. The van der Waals surface area contributed by atoms with Gasteiger partial charge in [-0.2, -0.15) is 0 Å². The van der Waals surface area contributed by atoms with Gasteiger partial charge in [0.05, 0.1) is 17.6 Å². The predicted molar refractivity (Wildman–Crippen MR) is 68.0 cm³/mol. The number of hydrogen-bond acceptors (Lipinski definition) is 2. The van der Waals surface area contributed by atoms with E-state index in [2.05, 4.69) is 33.2 Å². The molecule has 3 nitrogen and oxygen atoms in total. The summed E-state index contributed by atoms with van der Waals surface area (Å²) in [5, 5.41) is 9.10. The van der Waals surface area contributed by atoms with Crippen LogP contribution >= 0.6 is 15.9 Å². The average molecular weight is 280 g/mol. The molecule has 1 atom stereocenters. The smallest absolute Gasteiger partial charge is 0.0729 e. The summed E-state index contributed by atoms with van der Waals surface area (Å²) in [5.41, 5.74) is 2.22. The summed E-state index contributed by atoms with van der Waals surface area (Å²) < 4.78 is 1.90. The minimum absolute atomic E-state index is 0.584. The van der Waals surface area contributed by atoms with E-state index in [1.54, 1.807) is 0 Å². The molecule has 84 valence electrons. The van der Waals surface area contributed by atoms with Crippen LogP contribution in [0.4, 0.5) is 0 Å². The first-order chi connectivity index (χ1) is 7.81. The van der Waals surface area contributed by atoms with Crippen molar-refractivity contribution in [1.29, 1.82) is 0 Å². The van der Waals surface area contributed by atoms with Crippen LogP contribution in [-0.4, -0.2) is 20.3 Å². The van der Waals surface area contributed by atoms with E-state index >= 15 is 0 Å². The Bertz CT molecular complexity index is 439. The van der Waals surface area contributed by atoms with Crippen molar-refractivity contribution in [3.05, 3.63) is 42.2 Å². The molecule has 0 aliphatic heterocycles. The summed E-state index contributed by atoms with van der Waals surface area (Å²) >= 11 is 3.49. The fourth-order valence-electron chi connectivity index (χ4n) is 1.59. The van der Waals surface area contributed by atoms with Gasteiger partial charge in [-0.1, -0.05) is 46.3 Å². The van der Waals surface area contributed by atoms with Crippen LogP contribution in [0.25, 0.3) is 5.69 Å². The molecule has 0 saturated heterocycles. The highest BCUT2D eigenvalue weighted by molar-refractivity contribution is 9.09. The largest absolute Gasteiger partial charge is 0.218 e. The van der Waals surface area contributed by atoms with Gasteiger partial charge in [-0.3, -0.25) is 0 Å². The number of aromatic nitrogens is 3. The normalized spacial score (nSPS) is 12.6. The molecule has 2 aromatic rings. The van der Waals surface area contributed by atoms with Gasteiger partial charge < -0.3 is 0 Å². The van der Waals surface area contributed by atoms with Crippen molar-refractivity contribution in [2.24, 2.45) is 5.92 Å². The van der Waals surface area contributed by atoms with Crippen LogP contribution in [0.2, 0.25) is 0 Å². The molecule has 0 aliphatic rings. The summed E-state index contributed by atoms with van der Waals surface area (Å²) in [6.07, 6.45) is 2.82. The fraction of sp³-hybridized carbons (Fsp3) is 0.333. The second-order valence-electron chi connectivity index (χ2n) is 3.94. The van der Waals surface area contributed by atoms with E-state index in [0.29, 0.717) is 5.92 Å². The third-order valence-corrected chi connectivity index (χ3v) is 3.55. The SMILES string of the molecule is CC(CBr)Cc1cnnn1-c1ccccc1. The maximum absolute atomic E-state index is 4.13. The van der Waals surface area contributed by atoms with Crippen LogP contribution in [-0.2, 0) is 6.42 Å². The summed E-state index contributed by atoms with van der Waals surface area (Å²) in [7, 11) is 0. The van der Waals surface area contributed by atoms with Gasteiger partial charge in [-0.25, -0.2) is 4.68 Å². The van der Waals surface area contributed by atoms with Gasteiger partial charge in [0.25, 0.3) is 0 Å². The highest BCUT2D eigenvalue weighted by Crippen LogP contribution is 2.13. The molecule has 0 spiro atoms. The number of benzene rings is 1. The molecule has 0 fully saturated rings. The van der Waals surface area contributed by atoms with Crippen LogP contribution in [0.15, 0.2) is 36.5 Å². The Morgan fingerprint density at radius 1 is 1.31 bits per heavy atom. The van der Waals surface area contributed by atoms with E-state index in [1.807, 2.05) is 41.2 Å². The molecule has 1 unspecified atom stereocenters. The van der Waals surface area contributed by atoms with E-state index in [9.17, 15) is 0 Å². The molecule has 0 amide bonds. The Balaban J connectivity index is 2.26. The van der Waals surface area contributed by atoms with Crippen LogP contribution < -0.4 is 0 Å². The monoisotopic (exact) mass is 279 g/mol. The average Bonchev–Trinajstić information content (AvgIpc) is 2.78. The molecular weight excluding hydrogens is 266 g/mol. The van der Waals surface area contributed by atoms with E-state index < -0.39 is 0 Å². The number of nitrogens with zero attached hydrogens (tertiary/aromatic N) is 3. The zero-order chi connectivity index (χ0) is 11.4. The quantitative estimate of drug-likeness (QED) is 0.806. The van der Waals surface area contributed by atoms with Gasteiger partial charge in [-0.15, -0.1) is 5.10 Å². The second kappa shape index (κ2) is 5.25. The number of alkyl halides is 1. The Morgan fingerprint density at radius 3 is 2.75 bits per heavy atom. The standard InChI is InChI=1S/C12H14BrN3/c1-10(8-13)7-12-9-14-15-16(12)11-5-3-2-4-6-11/h2-6,9-10H,7-8H2,1H3. The highest BCUT2D eigenvalue weighted by Gasteiger charge is 2.09. The van der Waals surface area contributed by atoms with Gasteiger partial charge in [0, 0.05) is 5.33 Å². The summed E-state index contributed by atoms with van der Waals surface area (Å²) in [5.74, 6) is 0.584. The molecular formula is C12H14BrN3. The van der Waals surface area contributed by atoms with Crippen molar-refractivity contribution in [1.82, 2.24) is 15.0 Å². The molecule has 1 aromatic heterocycles. The molecule has 16 heavy (non-hydrogen) atoms. The zero-order valence-corrected chi connectivity index (χ0v) is 10.8. The van der Waals surface area contributed by atoms with Crippen molar-refractivity contribution in [2.45, 2.75) is 13.3 Å². The molecule has 0 bridgehead atoms.